The van der Waals surface area contributed by atoms with Gasteiger partial charge in [-0.3, -0.25) is 4.79 Å². The van der Waals surface area contributed by atoms with Crippen LogP contribution in [-0.4, -0.2) is 27.6 Å². The smallest absolute Gasteiger partial charge is 0.230 e. The second-order valence-corrected chi connectivity index (χ2v) is 6.55. The van der Waals surface area contributed by atoms with Gasteiger partial charge in [-0.1, -0.05) is 48.5 Å². The minimum atomic E-state index is -0.121. The van der Waals surface area contributed by atoms with Gasteiger partial charge in [-0.25, -0.2) is 0 Å². The Kier molecular flexibility index (Phi) is 5.29. The first-order valence-corrected chi connectivity index (χ1v) is 9.24. The normalized spacial score (nSPS) is 10.7. The standard InChI is InChI=1S/C22H21N5O/c28-22(14-17-15-24-19-9-5-4-8-18(17)19)25-21-11-10-20(26-27-21)23-13-12-16-6-2-1-3-7-16/h1-11,15,24H,12-14H2,(H,23,26)(H,25,27,28). The first kappa shape index (κ1) is 17.7. The Morgan fingerprint density at radius 2 is 1.64 bits per heavy atom. The monoisotopic (exact) mass is 371 g/mol. The number of benzene rings is 2. The number of hydrogen-bond acceptors (Lipinski definition) is 4. The maximum absolute atomic E-state index is 12.3. The number of nitrogens with zero attached hydrogens (tertiary/aromatic N) is 2. The zero-order valence-corrected chi connectivity index (χ0v) is 15.4. The first-order valence-electron chi connectivity index (χ1n) is 9.24. The summed E-state index contributed by atoms with van der Waals surface area (Å²) in [5, 5.41) is 15.3. The van der Waals surface area contributed by atoms with Crippen LogP contribution in [0.15, 0.2) is 72.9 Å². The van der Waals surface area contributed by atoms with Crippen molar-refractivity contribution in [2.45, 2.75) is 12.8 Å². The maximum atomic E-state index is 12.3. The van der Waals surface area contributed by atoms with Gasteiger partial charge in [-0.2, -0.15) is 0 Å². The highest BCUT2D eigenvalue weighted by Crippen LogP contribution is 2.18. The molecule has 2 aromatic heterocycles. The number of carbonyl (C=O) groups is 1. The fourth-order valence-electron chi connectivity index (χ4n) is 3.11. The predicted octanol–water partition coefficient (Wildman–Crippen LogP) is 3.79. The number of rotatable bonds is 7. The number of carbonyl (C=O) groups excluding carboxylic acids is 1. The van der Waals surface area contributed by atoms with Gasteiger partial charge in [-0.05, 0) is 35.7 Å². The van der Waals surface area contributed by atoms with Crippen molar-refractivity contribution in [3.63, 3.8) is 0 Å². The molecule has 0 saturated carbocycles. The number of aromatic nitrogens is 3. The van der Waals surface area contributed by atoms with E-state index in [0.29, 0.717) is 11.6 Å². The highest BCUT2D eigenvalue weighted by Gasteiger charge is 2.09. The van der Waals surface area contributed by atoms with E-state index in [9.17, 15) is 4.79 Å². The lowest BCUT2D eigenvalue weighted by molar-refractivity contribution is -0.115. The number of H-pyrrole nitrogens is 1. The fourth-order valence-corrected chi connectivity index (χ4v) is 3.11. The van der Waals surface area contributed by atoms with Crippen LogP contribution in [0.4, 0.5) is 11.6 Å². The average molecular weight is 371 g/mol. The summed E-state index contributed by atoms with van der Waals surface area (Å²) in [5.41, 5.74) is 3.25. The second-order valence-electron chi connectivity index (χ2n) is 6.55. The van der Waals surface area contributed by atoms with E-state index in [1.807, 2.05) is 54.7 Å². The fraction of sp³-hybridized carbons (Fsp3) is 0.136. The molecule has 0 aliphatic carbocycles. The minimum Gasteiger partial charge on any atom is -0.368 e. The third kappa shape index (κ3) is 4.35. The molecule has 6 heteroatoms. The summed E-state index contributed by atoms with van der Waals surface area (Å²) in [5.74, 6) is 1.01. The second kappa shape index (κ2) is 8.35. The third-order valence-corrected chi connectivity index (χ3v) is 4.52. The molecule has 2 aromatic carbocycles. The van der Waals surface area contributed by atoms with E-state index in [4.69, 9.17) is 0 Å². The van der Waals surface area contributed by atoms with Crippen molar-refractivity contribution in [2.75, 3.05) is 17.2 Å². The van der Waals surface area contributed by atoms with Crippen LogP contribution in [0.3, 0.4) is 0 Å². The van der Waals surface area contributed by atoms with Crippen LogP contribution in [0.2, 0.25) is 0 Å². The molecule has 28 heavy (non-hydrogen) atoms. The first-order chi connectivity index (χ1) is 13.8. The van der Waals surface area contributed by atoms with Crippen LogP contribution < -0.4 is 10.6 Å². The Morgan fingerprint density at radius 3 is 2.46 bits per heavy atom. The van der Waals surface area contributed by atoms with Crippen LogP contribution in [0.5, 0.6) is 0 Å². The molecule has 4 aromatic rings. The van der Waals surface area contributed by atoms with Crippen molar-refractivity contribution in [3.8, 4) is 0 Å². The van der Waals surface area contributed by atoms with E-state index in [0.717, 1.165) is 29.4 Å². The summed E-state index contributed by atoms with van der Waals surface area (Å²) in [7, 11) is 0. The van der Waals surface area contributed by atoms with Crippen molar-refractivity contribution >= 4 is 28.4 Å². The number of anilines is 2. The Labute approximate surface area is 163 Å². The lowest BCUT2D eigenvalue weighted by Crippen LogP contribution is -2.16. The Hall–Kier alpha value is -3.67. The van der Waals surface area contributed by atoms with Crippen LogP contribution >= 0.6 is 0 Å². The van der Waals surface area contributed by atoms with Gasteiger partial charge < -0.3 is 15.6 Å². The SMILES string of the molecule is O=C(Cc1c[nH]c2ccccc12)Nc1ccc(NCCc2ccccc2)nn1. The quantitative estimate of drug-likeness (QED) is 0.461. The zero-order chi connectivity index (χ0) is 19.2. The largest absolute Gasteiger partial charge is 0.368 e. The molecule has 0 fully saturated rings. The molecule has 0 aliphatic rings. The molecule has 140 valence electrons. The molecule has 0 radical (unpaired) electrons. The number of aromatic amines is 1. The number of nitrogens with one attached hydrogen (secondary N) is 3. The van der Waals surface area contributed by atoms with Crippen LogP contribution in [0.25, 0.3) is 10.9 Å². The summed E-state index contributed by atoms with van der Waals surface area (Å²) >= 11 is 0. The van der Waals surface area contributed by atoms with E-state index in [-0.39, 0.29) is 12.3 Å². The molecule has 0 saturated heterocycles. The number of para-hydroxylation sites is 1. The lowest BCUT2D eigenvalue weighted by atomic mass is 10.1. The van der Waals surface area contributed by atoms with E-state index in [1.165, 1.54) is 5.56 Å². The highest BCUT2D eigenvalue weighted by atomic mass is 16.1. The molecule has 0 aliphatic heterocycles. The van der Waals surface area contributed by atoms with Gasteiger partial charge in [-0.15, -0.1) is 10.2 Å². The Balaban J connectivity index is 1.29. The van der Waals surface area contributed by atoms with Crippen LogP contribution in [-0.2, 0) is 17.6 Å². The Morgan fingerprint density at radius 1 is 0.893 bits per heavy atom. The minimum absolute atomic E-state index is 0.121. The third-order valence-electron chi connectivity index (χ3n) is 4.52. The van der Waals surface area contributed by atoms with Gasteiger partial charge in [0.2, 0.25) is 5.91 Å². The van der Waals surface area contributed by atoms with Gasteiger partial charge >= 0.3 is 0 Å². The predicted molar refractivity (Wildman–Crippen MR) is 111 cm³/mol. The molecule has 6 nitrogen and oxygen atoms in total. The highest BCUT2D eigenvalue weighted by molar-refractivity contribution is 5.95. The summed E-state index contributed by atoms with van der Waals surface area (Å²) < 4.78 is 0. The van der Waals surface area contributed by atoms with E-state index >= 15 is 0 Å². The molecule has 0 unspecified atom stereocenters. The maximum Gasteiger partial charge on any atom is 0.230 e. The molecule has 3 N–H and O–H groups in total. The number of fused-ring (bicyclic) bond motifs is 1. The summed E-state index contributed by atoms with van der Waals surface area (Å²) in [6.45, 7) is 0.769. The zero-order valence-electron chi connectivity index (χ0n) is 15.4. The molecule has 0 spiro atoms. The Bertz CT molecular complexity index is 1060. The van der Waals surface area contributed by atoms with Gasteiger partial charge in [0.05, 0.1) is 6.42 Å². The van der Waals surface area contributed by atoms with Crippen LogP contribution in [0.1, 0.15) is 11.1 Å². The lowest BCUT2D eigenvalue weighted by Gasteiger charge is -2.07. The molecule has 0 bridgehead atoms. The number of hydrogen-bond donors (Lipinski definition) is 3. The van der Waals surface area contributed by atoms with E-state index < -0.39 is 0 Å². The molecule has 2 heterocycles. The van der Waals surface area contributed by atoms with Gasteiger partial charge in [0.15, 0.2) is 5.82 Å². The molecule has 0 atom stereocenters. The van der Waals surface area contributed by atoms with Gasteiger partial charge in [0.1, 0.15) is 5.82 Å². The molecular formula is C22H21N5O. The van der Waals surface area contributed by atoms with Gasteiger partial charge in [0, 0.05) is 23.6 Å². The molecule has 4 rings (SSSR count). The van der Waals surface area contributed by atoms with Crippen molar-refractivity contribution in [3.05, 3.63) is 84.1 Å². The van der Waals surface area contributed by atoms with Crippen molar-refractivity contribution in [1.29, 1.82) is 0 Å². The van der Waals surface area contributed by atoms with E-state index in [1.54, 1.807) is 6.07 Å². The molecule has 1 amide bonds. The van der Waals surface area contributed by atoms with Crippen molar-refractivity contribution in [1.82, 2.24) is 15.2 Å². The average Bonchev–Trinajstić information content (AvgIpc) is 3.13. The van der Waals surface area contributed by atoms with Crippen LogP contribution in [0, 0.1) is 0 Å². The van der Waals surface area contributed by atoms with E-state index in [2.05, 4.69) is 37.9 Å². The van der Waals surface area contributed by atoms with Crippen molar-refractivity contribution in [2.24, 2.45) is 0 Å². The summed E-state index contributed by atoms with van der Waals surface area (Å²) in [6, 6.07) is 21.8. The topological polar surface area (TPSA) is 82.7 Å². The summed E-state index contributed by atoms with van der Waals surface area (Å²) in [6.07, 6.45) is 3.06. The van der Waals surface area contributed by atoms with Crippen molar-refractivity contribution < 1.29 is 4.79 Å². The molecular weight excluding hydrogens is 350 g/mol. The number of amides is 1. The summed E-state index contributed by atoms with van der Waals surface area (Å²) in [4.78, 5) is 15.5. The van der Waals surface area contributed by atoms with Gasteiger partial charge in [0.25, 0.3) is 0 Å².